The standard InChI is InChI=1S/C14H17ClN2O2/c15-11-3-1-2-4-12(11)16-14(13(18)19)6-8-17-7-5-10(14)9-17/h1-4,10,16H,5-9H2,(H,18,19). The van der Waals surface area contributed by atoms with Gasteiger partial charge in [-0.3, -0.25) is 0 Å². The number of rotatable bonds is 3. The average Bonchev–Trinajstić information content (AvgIpc) is 2.79. The summed E-state index contributed by atoms with van der Waals surface area (Å²) in [5.74, 6) is -0.617. The Morgan fingerprint density at radius 1 is 1.42 bits per heavy atom. The summed E-state index contributed by atoms with van der Waals surface area (Å²) >= 11 is 6.15. The maximum atomic E-state index is 11.9. The van der Waals surface area contributed by atoms with Crippen molar-refractivity contribution in [3.63, 3.8) is 0 Å². The van der Waals surface area contributed by atoms with Gasteiger partial charge in [-0.15, -0.1) is 0 Å². The molecular weight excluding hydrogens is 264 g/mol. The lowest BCUT2D eigenvalue weighted by Gasteiger charge is -2.41. The molecule has 2 bridgehead atoms. The van der Waals surface area contributed by atoms with Gasteiger partial charge in [0.25, 0.3) is 0 Å². The summed E-state index contributed by atoms with van der Waals surface area (Å²) in [7, 11) is 0. The highest BCUT2D eigenvalue weighted by Gasteiger charge is 2.51. The molecule has 2 aliphatic heterocycles. The van der Waals surface area contributed by atoms with Crippen molar-refractivity contribution in [3.05, 3.63) is 29.3 Å². The van der Waals surface area contributed by atoms with Crippen LogP contribution >= 0.6 is 11.6 Å². The molecule has 3 unspecified atom stereocenters. The number of aliphatic carboxylic acids is 1. The maximum Gasteiger partial charge on any atom is 0.329 e. The van der Waals surface area contributed by atoms with Crippen LogP contribution in [0.4, 0.5) is 5.69 Å². The van der Waals surface area contributed by atoms with Gasteiger partial charge in [-0.25, -0.2) is 4.79 Å². The van der Waals surface area contributed by atoms with Gasteiger partial charge in [-0.1, -0.05) is 23.7 Å². The van der Waals surface area contributed by atoms with Crippen LogP contribution in [-0.2, 0) is 4.79 Å². The third kappa shape index (κ3) is 2.09. The number of nitrogens with one attached hydrogen (secondary N) is 1. The summed E-state index contributed by atoms with van der Waals surface area (Å²) in [5, 5.41) is 13.5. The zero-order valence-corrected chi connectivity index (χ0v) is 11.4. The number of hydrogen-bond acceptors (Lipinski definition) is 3. The molecule has 2 N–H and O–H groups in total. The van der Waals surface area contributed by atoms with Crippen LogP contribution in [-0.4, -0.2) is 41.1 Å². The fourth-order valence-corrected chi connectivity index (χ4v) is 3.46. The van der Waals surface area contributed by atoms with E-state index in [0.717, 1.165) is 26.1 Å². The normalized spacial score (nSPS) is 33.1. The second kappa shape index (κ2) is 4.69. The fraction of sp³-hybridized carbons (Fsp3) is 0.500. The summed E-state index contributed by atoms with van der Waals surface area (Å²) in [6.45, 7) is 2.70. The molecular formula is C14H17ClN2O2. The molecule has 2 fully saturated rings. The van der Waals surface area contributed by atoms with E-state index in [0.29, 0.717) is 17.1 Å². The molecule has 2 saturated heterocycles. The highest BCUT2D eigenvalue weighted by Crippen LogP contribution is 2.39. The number of fused-ring (bicyclic) bond motifs is 2. The fourth-order valence-electron chi connectivity index (χ4n) is 3.28. The third-order valence-corrected chi connectivity index (χ3v) is 4.73. The van der Waals surface area contributed by atoms with Crippen LogP contribution in [0.15, 0.2) is 24.3 Å². The minimum atomic E-state index is -0.877. The lowest BCUT2D eigenvalue weighted by atomic mass is 9.78. The predicted molar refractivity (Wildman–Crippen MR) is 74.6 cm³/mol. The Labute approximate surface area is 117 Å². The van der Waals surface area contributed by atoms with E-state index < -0.39 is 11.5 Å². The van der Waals surface area contributed by atoms with Crippen molar-refractivity contribution in [2.24, 2.45) is 5.92 Å². The molecule has 3 rings (SSSR count). The Balaban J connectivity index is 1.93. The van der Waals surface area contributed by atoms with Gasteiger partial charge in [0.1, 0.15) is 5.54 Å². The van der Waals surface area contributed by atoms with E-state index in [1.807, 2.05) is 18.2 Å². The molecule has 0 aliphatic carbocycles. The summed E-state index contributed by atoms with van der Waals surface area (Å²) in [6, 6.07) is 7.34. The molecule has 2 heterocycles. The van der Waals surface area contributed by atoms with Gasteiger partial charge in [0.05, 0.1) is 10.7 Å². The summed E-state index contributed by atoms with van der Waals surface area (Å²) in [5.41, 5.74) is -0.162. The predicted octanol–water partition coefficient (Wildman–Crippen LogP) is 2.30. The molecule has 0 radical (unpaired) electrons. The second-order valence-corrected chi connectivity index (χ2v) is 5.82. The first-order valence-electron chi connectivity index (χ1n) is 6.60. The van der Waals surface area contributed by atoms with Gasteiger partial charge >= 0.3 is 5.97 Å². The summed E-state index contributed by atoms with van der Waals surface area (Å²) in [6.07, 6.45) is 1.56. The number of anilines is 1. The van der Waals surface area contributed by atoms with Gasteiger partial charge in [0.2, 0.25) is 0 Å². The first-order valence-corrected chi connectivity index (χ1v) is 6.98. The number of hydrogen-bond donors (Lipinski definition) is 2. The molecule has 5 heteroatoms. The van der Waals surface area contributed by atoms with E-state index in [4.69, 9.17) is 11.6 Å². The minimum Gasteiger partial charge on any atom is -0.479 e. The zero-order chi connectivity index (χ0) is 13.5. The van der Waals surface area contributed by atoms with Crippen molar-refractivity contribution in [3.8, 4) is 0 Å². The van der Waals surface area contributed by atoms with E-state index in [9.17, 15) is 9.90 Å². The van der Waals surface area contributed by atoms with E-state index in [-0.39, 0.29) is 5.92 Å². The van der Waals surface area contributed by atoms with Crippen molar-refractivity contribution < 1.29 is 9.90 Å². The Morgan fingerprint density at radius 2 is 2.21 bits per heavy atom. The highest BCUT2D eigenvalue weighted by molar-refractivity contribution is 6.33. The van der Waals surface area contributed by atoms with E-state index in [1.54, 1.807) is 6.07 Å². The molecule has 19 heavy (non-hydrogen) atoms. The van der Waals surface area contributed by atoms with Crippen LogP contribution < -0.4 is 5.32 Å². The highest BCUT2D eigenvalue weighted by atomic mass is 35.5. The topological polar surface area (TPSA) is 52.6 Å². The molecule has 0 saturated carbocycles. The number of halogens is 1. The van der Waals surface area contributed by atoms with Crippen LogP contribution in [0, 0.1) is 5.92 Å². The summed E-state index contributed by atoms with van der Waals surface area (Å²) < 4.78 is 0. The monoisotopic (exact) mass is 280 g/mol. The number of carbonyl (C=O) groups is 1. The van der Waals surface area contributed by atoms with Crippen LogP contribution in [0.25, 0.3) is 0 Å². The number of benzene rings is 1. The van der Waals surface area contributed by atoms with Crippen LogP contribution in [0.2, 0.25) is 5.02 Å². The molecule has 1 aromatic rings. The number of piperidine rings is 1. The van der Waals surface area contributed by atoms with Crippen LogP contribution in [0.3, 0.4) is 0 Å². The first-order chi connectivity index (χ1) is 9.12. The molecule has 0 spiro atoms. The number of nitrogens with zero attached hydrogens (tertiary/aromatic N) is 1. The van der Waals surface area contributed by atoms with Gasteiger partial charge in [0.15, 0.2) is 0 Å². The molecule has 0 amide bonds. The summed E-state index contributed by atoms with van der Waals surface area (Å²) in [4.78, 5) is 14.2. The van der Waals surface area contributed by atoms with Crippen molar-refractivity contribution in [2.75, 3.05) is 25.0 Å². The van der Waals surface area contributed by atoms with Crippen molar-refractivity contribution in [1.29, 1.82) is 0 Å². The van der Waals surface area contributed by atoms with Gasteiger partial charge in [-0.2, -0.15) is 0 Å². The number of carboxylic acids is 1. The van der Waals surface area contributed by atoms with E-state index in [2.05, 4.69) is 10.2 Å². The zero-order valence-electron chi connectivity index (χ0n) is 10.6. The average molecular weight is 281 g/mol. The lowest BCUT2D eigenvalue weighted by molar-refractivity contribution is -0.145. The molecule has 4 nitrogen and oxygen atoms in total. The largest absolute Gasteiger partial charge is 0.479 e. The molecule has 102 valence electrons. The van der Waals surface area contributed by atoms with Crippen LogP contribution in [0.5, 0.6) is 0 Å². The molecule has 3 atom stereocenters. The molecule has 0 aromatic heterocycles. The maximum absolute atomic E-state index is 11.9. The van der Waals surface area contributed by atoms with Crippen molar-refractivity contribution in [1.82, 2.24) is 4.90 Å². The Kier molecular flexibility index (Phi) is 3.15. The minimum absolute atomic E-state index is 0.148. The van der Waals surface area contributed by atoms with Crippen LogP contribution in [0.1, 0.15) is 12.8 Å². The van der Waals surface area contributed by atoms with E-state index >= 15 is 0 Å². The second-order valence-electron chi connectivity index (χ2n) is 5.42. The molecule has 2 aliphatic rings. The van der Waals surface area contributed by atoms with E-state index in [1.165, 1.54) is 0 Å². The van der Waals surface area contributed by atoms with Gasteiger partial charge < -0.3 is 15.3 Å². The Morgan fingerprint density at radius 3 is 2.95 bits per heavy atom. The van der Waals surface area contributed by atoms with Gasteiger partial charge in [0, 0.05) is 19.0 Å². The van der Waals surface area contributed by atoms with Crippen molar-refractivity contribution >= 4 is 23.3 Å². The molecule has 1 aromatic carbocycles. The SMILES string of the molecule is O=C(O)C1(Nc2ccccc2Cl)CCN2CCC1C2. The smallest absolute Gasteiger partial charge is 0.329 e. The Bertz CT molecular complexity index is 508. The third-order valence-electron chi connectivity index (χ3n) is 4.40. The quantitative estimate of drug-likeness (QED) is 0.892. The number of para-hydroxylation sites is 1. The van der Waals surface area contributed by atoms with Gasteiger partial charge in [-0.05, 0) is 31.5 Å². The Hall–Kier alpha value is -1.26. The number of carboxylic acid groups (broad SMARTS) is 1. The first kappa shape index (κ1) is 12.8. The van der Waals surface area contributed by atoms with Crippen molar-refractivity contribution in [2.45, 2.75) is 18.4 Å². The lowest BCUT2D eigenvalue weighted by Crippen LogP contribution is -2.57.